The van der Waals surface area contributed by atoms with E-state index < -0.39 is 6.03 Å². The van der Waals surface area contributed by atoms with Gasteiger partial charge in [0.15, 0.2) is 5.78 Å². The second-order valence-corrected chi connectivity index (χ2v) is 7.95. The number of anilines is 1. The number of amides is 2. The second kappa shape index (κ2) is 9.00. The van der Waals surface area contributed by atoms with Crippen LogP contribution in [0.4, 0.5) is 14.9 Å². The number of primary amides is 1. The molecule has 1 fully saturated rings. The molecule has 5 nitrogen and oxygen atoms in total. The van der Waals surface area contributed by atoms with Gasteiger partial charge < -0.3 is 16.4 Å². The van der Waals surface area contributed by atoms with Crippen molar-refractivity contribution < 1.29 is 14.0 Å². The number of nitrogens with two attached hydrogens (primary N) is 1. The van der Waals surface area contributed by atoms with Crippen molar-refractivity contribution >= 4 is 28.8 Å². The lowest BCUT2D eigenvalue weighted by Gasteiger charge is -2.21. The average molecular weight is 399 g/mol. The van der Waals surface area contributed by atoms with Crippen LogP contribution in [0.25, 0.3) is 0 Å². The molecule has 1 saturated heterocycles. The van der Waals surface area contributed by atoms with Gasteiger partial charge in [-0.1, -0.05) is 17.9 Å². The molecule has 2 aromatic rings. The first-order valence-electron chi connectivity index (χ1n) is 9.14. The van der Waals surface area contributed by atoms with Crippen LogP contribution >= 0.6 is 11.3 Å². The molecular weight excluding hydrogens is 377 g/mol. The SMILES string of the molecule is Cc1ccc(C#Cc2cc(NC(N)=O)c(C(=O)C[C@H]3CCCNC3)s2)cc1F. The van der Waals surface area contributed by atoms with Crippen molar-refractivity contribution in [2.75, 3.05) is 18.4 Å². The van der Waals surface area contributed by atoms with E-state index in [4.69, 9.17) is 5.73 Å². The van der Waals surface area contributed by atoms with Gasteiger partial charge in [-0.2, -0.15) is 0 Å². The third-order valence-electron chi connectivity index (χ3n) is 4.62. The number of piperidine rings is 1. The van der Waals surface area contributed by atoms with Crippen molar-refractivity contribution in [1.29, 1.82) is 0 Å². The molecule has 0 spiro atoms. The lowest BCUT2D eigenvalue weighted by Crippen LogP contribution is -2.31. The first-order valence-corrected chi connectivity index (χ1v) is 9.96. The molecule has 146 valence electrons. The van der Waals surface area contributed by atoms with E-state index in [1.807, 2.05) is 0 Å². The maximum atomic E-state index is 13.7. The smallest absolute Gasteiger partial charge is 0.316 e. The maximum absolute atomic E-state index is 13.7. The van der Waals surface area contributed by atoms with Gasteiger partial charge in [0, 0.05) is 12.0 Å². The number of hydrogen-bond acceptors (Lipinski definition) is 4. The number of aryl methyl sites for hydroxylation is 1. The van der Waals surface area contributed by atoms with Crippen molar-refractivity contribution in [3.63, 3.8) is 0 Å². The number of carbonyl (C=O) groups is 2. The fourth-order valence-corrected chi connectivity index (χ4v) is 4.06. The maximum Gasteiger partial charge on any atom is 0.316 e. The zero-order valence-electron chi connectivity index (χ0n) is 15.6. The molecule has 1 aromatic heterocycles. The second-order valence-electron chi connectivity index (χ2n) is 6.90. The van der Waals surface area contributed by atoms with Gasteiger partial charge in [-0.25, -0.2) is 9.18 Å². The summed E-state index contributed by atoms with van der Waals surface area (Å²) < 4.78 is 13.7. The molecule has 4 N–H and O–H groups in total. The van der Waals surface area contributed by atoms with Crippen LogP contribution in [-0.4, -0.2) is 24.9 Å². The minimum Gasteiger partial charge on any atom is -0.351 e. The summed E-state index contributed by atoms with van der Waals surface area (Å²) in [5.41, 5.74) is 6.72. The summed E-state index contributed by atoms with van der Waals surface area (Å²) in [5, 5.41) is 5.81. The van der Waals surface area contributed by atoms with E-state index in [1.54, 1.807) is 25.1 Å². The van der Waals surface area contributed by atoms with E-state index in [2.05, 4.69) is 22.5 Å². The summed E-state index contributed by atoms with van der Waals surface area (Å²) in [6.45, 7) is 3.49. The summed E-state index contributed by atoms with van der Waals surface area (Å²) in [6.07, 6.45) is 2.48. The Bertz CT molecular complexity index is 952. The van der Waals surface area contributed by atoms with E-state index in [-0.39, 0.29) is 17.5 Å². The Morgan fingerprint density at radius 1 is 1.36 bits per heavy atom. The number of urea groups is 1. The summed E-state index contributed by atoms with van der Waals surface area (Å²) in [4.78, 5) is 25.1. The molecule has 1 aromatic carbocycles. The first kappa shape index (κ1) is 20.1. The molecule has 2 amide bonds. The van der Waals surface area contributed by atoms with E-state index in [1.165, 1.54) is 17.4 Å². The molecule has 0 saturated carbocycles. The van der Waals surface area contributed by atoms with Gasteiger partial charge in [0.2, 0.25) is 0 Å². The quantitative estimate of drug-likeness (QED) is 0.542. The summed E-state index contributed by atoms with van der Waals surface area (Å²) in [6, 6.07) is 5.69. The van der Waals surface area contributed by atoms with Crippen molar-refractivity contribution in [1.82, 2.24) is 5.32 Å². The van der Waals surface area contributed by atoms with Crippen molar-refractivity contribution in [3.8, 4) is 11.8 Å². The molecule has 0 bridgehead atoms. The van der Waals surface area contributed by atoms with E-state index in [9.17, 15) is 14.0 Å². The highest BCUT2D eigenvalue weighted by atomic mass is 32.1. The Morgan fingerprint density at radius 3 is 2.86 bits per heavy atom. The molecule has 3 rings (SSSR count). The minimum atomic E-state index is -0.730. The number of thiophene rings is 1. The first-order chi connectivity index (χ1) is 13.4. The molecule has 28 heavy (non-hydrogen) atoms. The van der Waals surface area contributed by atoms with Crippen LogP contribution in [0, 0.1) is 30.5 Å². The minimum absolute atomic E-state index is 0.0307. The molecule has 0 radical (unpaired) electrons. The number of halogens is 1. The van der Waals surface area contributed by atoms with Crippen molar-refractivity contribution in [2.24, 2.45) is 11.7 Å². The molecular formula is C21H22FN3O2S. The number of nitrogens with one attached hydrogen (secondary N) is 2. The van der Waals surface area contributed by atoms with Gasteiger partial charge in [0.25, 0.3) is 0 Å². The number of carbonyl (C=O) groups excluding carboxylic acids is 2. The molecule has 2 heterocycles. The van der Waals surface area contributed by atoms with Gasteiger partial charge in [-0.15, -0.1) is 11.3 Å². The number of rotatable bonds is 4. The van der Waals surface area contributed by atoms with Crippen LogP contribution in [0.3, 0.4) is 0 Å². The molecule has 1 aliphatic rings. The molecule has 0 unspecified atom stereocenters. The predicted octanol–water partition coefficient (Wildman–Crippen LogP) is 3.66. The van der Waals surface area contributed by atoms with Crippen LogP contribution < -0.4 is 16.4 Å². The van der Waals surface area contributed by atoms with Crippen molar-refractivity contribution in [3.05, 3.63) is 51.0 Å². The molecule has 1 aliphatic heterocycles. The third kappa shape index (κ3) is 5.18. The highest BCUT2D eigenvalue weighted by Crippen LogP contribution is 2.30. The van der Waals surface area contributed by atoms with Gasteiger partial charge in [0.1, 0.15) is 5.82 Å². The average Bonchev–Trinajstić information content (AvgIpc) is 3.05. The topological polar surface area (TPSA) is 84.2 Å². The fourth-order valence-electron chi connectivity index (χ4n) is 3.14. The highest BCUT2D eigenvalue weighted by molar-refractivity contribution is 7.15. The Kier molecular flexibility index (Phi) is 6.45. The Morgan fingerprint density at radius 2 is 2.18 bits per heavy atom. The summed E-state index contributed by atoms with van der Waals surface area (Å²) in [5.74, 6) is 5.79. The van der Waals surface area contributed by atoms with E-state index >= 15 is 0 Å². The lowest BCUT2D eigenvalue weighted by atomic mass is 9.93. The number of benzene rings is 1. The predicted molar refractivity (Wildman–Crippen MR) is 109 cm³/mol. The highest BCUT2D eigenvalue weighted by Gasteiger charge is 2.22. The monoisotopic (exact) mass is 399 g/mol. The zero-order valence-corrected chi connectivity index (χ0v) is 16.4. The van der Waals surface area contributed by atoms with Gasteiger partial charge in [-0.3, -0.25) is 4.79 Å². The van der Waals surface area contributed by atoms with Crippen molar-refractivity contribution in [2.45, 2.75) is 26.2 Å². The summed E-state index contributed by atoms with van der Waals surface area (Å²) in [7, 11) is 0. The third-order valence-corrected chi connectivity index (χ3v) is 5.71. The fraction of sp³-hybridized carbons (Fsp3) is 0.333. The van der Waals surface area contributed by atoms with Gasteiger partial charge >= 0.3 is 6.03 Å². The standard InChI is InChI=1S/C21H22FN3O2S/c1-13-4-5-14(9-17(13)22)6-7-16-11-18(25-21(23)27)20(28-16)19(26)10-15-3-2-8-24-12-15/h4-5,9,11,15,24H,2-3,8,10,12H2,1H3,(H3,23,25,27)/t15-/m1/s1. The number of ketones is 1. The molecule has 1 atom stereocenters. The van der Waals surface area contributed by atoms with Gasteiger partial charge in [-0.05, 0) is 62.5 Å². The van der Waals surface area contributed by atoms with E-state index in [0.717, 1.165) is 25.9 Å². The molecule has 0 aliphatic carbocycles. The largest absolute Gasteiger partial charge is 0.351 e. The normalized spacial score (nSPS) is 16.1. The van der Waals surface area contributed by atoms with Crippen LogP contribution in [0.5, 0.6) is 0 Å². The summed E-state index contributed by atoms with van der Waals surface area (Å²) >= 11 is 1.22. The van der Waals surface area contributed by atoms with Crippen LogP contribution in [0.15, 0.2) is 24.3 Å². The Balaban J connectivity index is 1.83. The zero-order chi connectivity index (χ0) is 20.1. The van der Waals surface area contributed by atoms with Gasteiger partial charge in [0.05, 0.1) is 15.4 Å². The van der Waals surface area contributed by atoms with Crippen LogP contribution in [0.1, 0.15) is 44.9 Å². The van der Waals surface area contributed by atoms with E-state index in [0.29, 0.717) is 33.0 Å². The molecule has 7 heteroatoms. The lowest BCUT2D eigenvalue weighted by molar-refractivity contribution is 0.0958. The number of hydrogen-bond donors (Lipinski definition) is 3. The van der Waals surface area contributed by atoms with Crippen LogP contribution in [-0.2, 0) is 0 Å². The van der Waals surface area contributed by atoms with Crippen LogP contribution in [0.2, 0.25) is 0 Å². The Labute approximate surface area is 167 Å². The Hall–Kier alpha value is -2.69. The number of Topliss-reactive ketones (excluding diaryl/α,β-unsaturated/α-hetero) is 1.